The topological polar surface area (TPSA) is 54.4 Å². The molecule has 3 aromatic rings. The first-order valence-corrected chi connectivity index (χ1v) is 6.55. The predicted molar refractivity (Wildman–Crippen MR) is 83.2 cm³/mol. The minimum atomic E-state index is -0.255. The quantitative estimate of drug-likeness (QED) is 0.590. The Morgan fingerprint density at radius 1 is 1.00 bits per heavy atom. The minimum Gasteiger partial charge on any atom is -0.267 e. The van der Waals surface area contributed by atoms with Gasteiger partial charge in [0, 0.05) is 18.0 Å². The lowest BCUT2D eigenvalue weighted by Crippen LogP contribution is -2.17. The van der Waals surface area contributed by atoms with Gasteiger partial charge in [0.05, 0.1) is 6.21 Å². The lowest BCUT2D eigenvalue weighted by Gasteiger charge is -2.00. The van der Waals surface area contributed by atoms with Gasteiger partial charge in [0.1, 0.15) is 0 Å². The molecule has 0 aliphatic heterocycles. The zero-order chi connectivity index (χ0) is 14.5. The number of carbonyl (C=O) groups excluding carboxylic acids is 1. The molecular weight excluding hydrogens is 262 g/mol. The Bertz CT molecular complexity index is 797. The summed E-state index contributed by atoms with van der Waals surface area (Å²) in [6, 6.07) is 17.4. The molecule has 0 saturated heterocycles. The Balaban J connectivity index is 1.71. The van der Waals surface area contributed by atoms with Crippen LogP contribution in [0.4, 0.5) is 0 Å². The molecule has 0 fully saturated rings. The van der Waals surface area contributed by atoms with Gasteiger partial charge in [-0.25, -0.2) is 5.43 Å². The summed E-state index contributed by atoms with van der Waals surface area (Å²) in [5.74, 6) is -0.255. The van der Waals surface area contributed by atoms with Crippen molar-refractivity contribution in [3.05, 3.63) is 78.1 Å². The van der Waals surface area contributed by atoms with E-state index in [2.05, 4.69) is 21.6 Å². The number of aromatic nitrogens is 1. The van der Waals surface area contributed by atoms with Gasteiger partial charge in [0.25, 0.3) is 5.91 Å². The number of benzene rings is 2. The highest BCUT2D eigenvalue weighted by Crippen LogP contribution is 2.14. The highest BCUT2D eigenvalue weighted by atomic mass is 16.2. The Morgan fingerprint density at radius 2 is 1.76 bits per heavy atom. The molecule has 0 spiro atoms. The van der Waals surface area contributed by atoms with E-state index >= 15 is 0 Å². The van der Waals surface area contributed by atoms with E-state index in [0.717, 1.165) is 10.9 Å². The van der Waals surface area contributed by atoms with E-state index in [-0.39, 0.29) is 5.91 Å². The molecule has 2 aromatic carbocycles. The standard InChI is InChI=1S/C17H13N3O/c21-17(15-7-9-18-10-8-15)20-19-12-13-5-6-14-3-1-2-4-16(14)11-13/h1-12H,(H,20,21)/b19-12-. The van der Waals surface area contributed by atoms with Crippen LogP contribution in [0.5, 0.6) is 0 Å². The molecule has 0 radical (unpaired) electrons. The summed E-state index contributed by atoms with van der Waals surface area (Å²) in [6.07, 6.45) is 4.77. The van der Waals surface area contributed by atoms with E-state index in [4.69, 9.17) is 0 Å². The number of hydrazone groups is 1. The van der Waals surface area contributed by atoms with Crippen LogP contribution in [0.3, 0.4) is 0 Å². The maximum atomic E-state index is 11.8. The van der Waals surface area contributed by atoms with Crippen molar-refractivity contribution < 1.29 is 4.79 Å². The number of pyridine rings is 1. The number of rotatable bonds is 3. The Morgan fingerprint density at radius 3 is 2.57 bits per heavy atom. The number of fused-ring (bicyclic) bond motifs is 1. The molecule has 21 heavy (non-hydrogen) atoms. The zero-order valence-electron chi connectivity index (χ0n) is 11.2. The smallest absolute Gasteiger partial charge is 0.267 e. The summed E-state index contributed by atoms with van der Waals surface area (Å²) in [7, 11) is 0. The maximum Gasteiger partial charge on any atom is 0.271 e. The second-order valence-electron chi connectivity index (χ2n) is 4.54. The van der Waals surface area contributed by atoms with Gasteiger partial charge >= 0.3 is 0 Å². The number of amides is 1. The lowest BCUT2D eigenvalue weighted by atomic mass is 10.1. The highest BCUT2D eigenvalue weighted by Gasteiger charge is 2.01. The molecule has 0 aliphatic rings. The third kappa shape index (κ3) is 3.12. The van der Waals surface area contributed by atoms with Crippen LogP contribution >= 0.6 is 0 Å². The Kier molecular flexibility index (Phi) is 3.69. The predicted octanol–water partition coefficient (Wildman–Crippen LogP) is 3.00. The molecule has 0 aliphatic carbocycles. The van der Waals surface area contributed by atoms with Gasteiger partial charge in [-0.3, -0.25) is 9.78 Å². The summed E-state index contributed by atoms with van der Waals surface area (Å²) in [6.45, 7) is 0. The molecule has 1 amide bonds. The Labute approximate surface area is 122 Å². The van der Waals surface area contributed by atoms with E-state index in [9.17, 15) is 4.79 Å². The second kappa shape index (κ2) is 5.96. The molecule has 0 bridgehead atoms. The third-order valence-corrected chi connectivity index (χ3v) is 3.10. The van der Waals surface area contributed by atoms with Crippen LogP contribution < -0.4 is 5.43 Å². The first kappa shape index (κ1) is 13.0. The van der Waals surface area contributed by atoms with Gasteiger partial charge < -0.3 is 0 Å². The van der Waals surface area contributed by atoms with Gasteiger partial charge in [0.2, 0.25) is 0 Å². The number of carbonyl (C=O) groups is 1. The Hall–Kier alpha value is -3.01. The van der Waals surface area contributed by atoms with Gasteiger partial charge in [0.15, 0.2) is 0 Å². The van der Waals surface area contributed by atoms with Crippen molar-refractivity contribution in [2.45, 2.75) is 0 Å². The monoisotopic (exact) mass is 275 g/mol. The molecule has 0 atom stereocenters. The second-order valence-corrected chi connectivity index (χ2v) is 4.54. The van der Waals surface area contributed by atoms with Crippen LogP contribution in [0.15, 0.2) is 72.1 Å². The number of hydrogen-bond donors (Lipinski definition) is 1. The molecule has 102 valence electrons. The number of nitrogens with one attached hydrogen (secondary N) is 1. The zero-order valence-corrected chi connectivity index (χ0v) is 11.2. The van der Waals surface area contributed by atoms with Crippen LogP contribution in [-0.4, -0.2) is 17.1 Å². The van der Waals surface area contributed by atoms with Crippen molar-refractivity contribution in [2.75, 3.05) is 0 Å². The van der Waals surface area contributed by atoms with Crippen LogP contribution in [0.1, 0.15) is 15.9 Å². The average molecular weight is 275 g/mol. The van der Waals surface area contributed by atoms with E-state index < -0.39 is 0 Å². The van der Waals surface area contributed by atoms with Crippen LogP contribution in [0, 0.1) is 0 Å². The van der Waals surface area contributed by atoms with Crippen molar-refractivity contribution in [3.8, 4) is 0 Å². The van der Waals surface area contributed by atoms with E-state index in [1.54, 1.807) is 30.7 Å². The summed E-state index contributed by atoms with van der Waals surface area (Å²) < 4.78 is 0. The fourth-order valence-electron chi connectivity index (χ4n) is 2.02. The van der Waals surface area contributed by atoms with Gasteiger partial charge in [-0.2, -0.15) is 5.10 Å². The molecule has 3 rings (SSSR count). The first-order chi connectivity index (χ1) is 10.3. The fourth-order valence-corrected chi connectivity index (χ4v) is 2.02. The van der Waals surface area contributed by atoms with Crippen molar-refractivity contribution in [3.63, 3.8) is 0 Å². The normalized spacial score (nSPS) is 10.9. The van der Waals surface area contributed by atoms with Crippen LogP contribution in [-0.2, 0) is 0 Å². The third-order valence-electron chi connectivity index (χ3n) is 3.10. The molecule has 1 N–H and O–H groups in total. The van der Waals surface area contributed by atoms with E-state index in [1.807, 2.05) is 36.4 Å². The molecule has 4 nitrogen and oxygen atoms in total. The molecule has 0 saturated carbocycles. The van der Waals surface area contributed by atoms with Crippen molar-refractivity contribution in [1.82, 2.24) is 10.4 Å². The van der Waals surface area contributed by atoms with Crippen LogP contribution in [0.25, 0.3) is 10.8 Å². The van der Waals surface area contributed by atoms with Crippen molar-refractivity contribution in [2.24, 2.45) is 5.10 Å². The van der Waals surface area contributed by atoms with E-state index in [1.165, 1.54) is 5.39 Å². The van der Waals surface area contributed by atoms with Crippen molar-refractivity contribution in [1.29, 1.82) is 0 Å². The maximum absolute atomic E-state index is 11.8. The SMILES string of the molecule is O=C(N/N=C\c1ccc2ccccc2c1)c1ccncc1. The summed E-state index contributed by atoms with van der Waals surface area (Å²) in [5, 5.41) is 6.30. The van der Waals surface area contributed by atoms with Crippen LogP contribution in [0.2, 0.25) is 0 Å². The molecule has 4 heteroatoms. The molecule has 1 aromatic heterocycles. The highest BCUT2D eigenvalue weighted by molar-refractivity contribution is 5.95. The summed E-state index contributed by atoms with van der Waals surface area (Å²) in [4.78, 5) is 15.7. The average Bonchev–Trinajstić information content (AvgIpc) is 2.55. The van der Waals surface area contributed by atoms with E-state index in [0.29, 0.717) is 5.56 Å². The summed E-state index contributed by atoms with van der Waals surface area (Å²) >= 11 is 0. The molecule has 0 unspecified atom stereocenters. The lowest BCUT2D eigenvalue weighted by molar-refractivity contribution is 0.0955. The largest absolute Gasteiger partial charge is 0.271 e. The van der Waals surface area contributed by atoms with Gasteiger partial charge in [-0.05, 0) is 34.5 Å². The minimum absolute atomic E-state index is 0.255. The molecular formula is C17H13N3O. The first-order valence-electron chi connectivity index (χ1n) is 6.55. The van der Waals surface area contributed by atoms with Gasteiger partial charge in [-0.15, -0.1) is 0 Å². The van der Waals surface area contributed by atoms with Crippen molar-refractivity contribution >= 4 is 22.9 Å². The number of hydrogen-bond acceptors (Lipinski definition) is 3. The van der Waals surface area contributed by atoms with Gasteiger partial charge in [-0.1, -0.05) is 36.4 Å². The fraction of sp³-hybridized carbons (Fsp3) is 0. The number of nitrogens with zero attached hydrogens (tertiary/aromatic N) is 2. The molecule has 1 heterocycles. The summed E-state index contributed by atoms with van der Waals surface area (Å²) in [5.41, 5.74) is 3.96.